The van der Waals surface area contributed by atoms with Gasteiger partial charge in [-0.1, -0.05) is 13.8 Å². The minimum absolute atomic E-state index is 0.140. The molecule has 0 saturated carbocycles. The molecule has 1 amide bonds. The van der Waals surface area contributed by atoms with E-state index in [1.54, 1.807) is 0 Å². The Morgan fingerprint density at radius 3 is 2.30 bits per heavy atom. The highest BCUT2D eigenvalue weighted by atomic mass is 16.2. The topological polar surface area (TPSA) is 46.3 Å². The standard InChI is InChI=1S/C5H8N2O.C2H6/c6-4-3-1-2-7(3)5(4)8;1-2/h3-4H,1-2,6H2;1-2H3. The van der Waals surface area contributed by atoms with E-state index in [0.29, 0.717) is 6.04 Å². The summed E-state index contributed by atoms with van der Waals surface area (Å²) in [7, 11) is 0. The van der Waals surface area contributed by atoms with Crippen molar-refractivity contribution in [3.05, 3.63) is 0 Å². The molecule has 0 aliphatic carbocycles. The Balaban J connectivity index is 0.000000231. The zero-order chi connectivity index (χ0) is 7.72. The Labute approximate surface area is 61.2 Å². The molecule has 2 unspecified atom stereocenters. The molecule has 0 aromatic heterocycles. The van der Waals surface area contributed by atoms with Gasteiger partial charge >= 0.3 is 0 Å². The third-order valence-corrected chi connectivity index (χ3v) is 2.05. The van der Waals surface area contributed by atoms with Gasteiger partial charge in [-0.3, -0.25) is 4.79 Å². The Kier molecular flexibility index (Phi) is 1.94. The highest BCUT2D eigenvalue weighted by Crippen LogP contribution is 2.29. The third kappa shape index (κ3) is 0.736. The molecule has 2 N–H and O–H groups in total. The number of piperidine rings is 1. The van der Waals surface area contributed by atoms with Crippen molar-refractivity contribution in [3.8, 4) is 0 Å². The van der Waals surface area contributed by atoms with Crippen LogP contribution in [0.25, 0.3) is 0 Å². The molecule has 10 heavy (non-hydrogen) atoms. The summed E-state index contributed by atoms with van der Waals surface area (Å²) in [5.74, 6) is 0.140. The van der Waals surface area contributed by atoms with Crippen LogP contribution in [0.4, 0.5) is 0 Å². The van der Waals surface area contributed by atoms with Gasteiger partial charge in [0.15, 0.2) is 0 Å². The van der Waals surface area contributed by atoms with Crippen molar-refractivity contribution in [2.45, 2.75) is 32.4 Å². The lowest BCUT2D eigenvalue weighted by atomic mass is 9.85. The largest absolute Gasteiger partial charge is 0.336 e. The minimum Gasteiger partial charge on any atom is -0.336 e. The molecular weight excluding hydrogens is 128 g/mol. The summed E-state index contributed by atoms with van der Waals surface area (Å²) in [6.45, 7) is 4.94. The van der Waals surface area contributed by atoms with E-state index < -0.39 is 0 Å². The maximum atomic E-state index is 10.6. The Morgan fingerprint density at radius 2 is 2.20 bits per heavy atom. The lowest BCUT2D eigenvalue weighted by molar-refractivity contribution is -0.159. The van der Waals surface area contributed by atoms with E-state index in [1.807, 2.05) is 18.7 Å². The first-order valence-corrected chi connectivity index (χ1v) is 3.87. The fourth-order valence-electron chi connectivity index (χ4n) is 1.33. The maximum absolute atomic E-state index is 10.6. The van der Waals surface area contributed by atoms with E-state index in [-0.39, 0.29) is 11.9 Å². The summed E-state index contributed by atoms with van der Waals surface area (Å²) in [4.78, 5) is 12.4. The van der Waals surface area contributed by atoms with Gasteiger partial charge in [-0.05, 0) is 6.42 Å². The summed E-state index contributed by atoms with van der Waals surface area (Å²) < 4.78 is 0. The highest BCUT2D eigenvalue weighted by molar-refractivity contribution is 5.90. The van der Waals surface area contributed by atoms with Crippen LogP contribution >= 0.6 is 0 Å². The Hall–Kier alpha value is -0.570. The Bertz CT molecular complexity index is 139. The van der Waals surface area contributed by atoms with Crippen LogP contribution in [-0.2, 0) is 4.79 Å². The number of β-lactam (4-membered cyclic amide) rings is 1. The van der Waals surface area contributed by atoms with Gasteiger partial charge in [0.25, 0.3) is 0 Å². The first kappa shape index (κ1) is 7.54. The van der Waals surface area contributed by atoms with E-state index in [1.165, 1.54) is 0 Å². The fraction of sp³-hybridized carbons (Fsp3) is 0.857. The number of nitrogens with two attached hydrogens (primary N) is 1. The number of amides is 1. The average Bonchev–Trinajstić information content (AvgIpc) is 1.91. The summed E-state index contributed by atoms with van der Waals surface area (Å²) in [5, 5.41) is 0. The SMILES string of the molecule is CC.NC1C(=O)N2CCC12. The molecule has 0 aromatic rings. The monoisotopic (exact) mass is 142 g/mol. The van der Waals surface area contributed by atoms with Gasteiger partial charge < -0.3 is 10.6 Å². The molecule has 58 valence electrons. The quantitative estimate of drug-likeness (QED) is 0.482. The average molecular weight is 142 g/mol. The fourth-order valence-corrected chi connectivity index (χ4v) is 1.33. The van der Waals surface area contributed by atoms with Crippen LogP contribution in [0.3, 0.4) is 0 Å². The molecule has 3 nitrogen and oxygen atoms in total. The number of fused-ring (bicyclic) bond motifs is 1. The molecular formula is C7H14N2O. The van der Waals surface area contributed by atoms with Crippen LogP contribution in [0, 0.1) is 0 Å². The smallest absolute Gasteiger partial charge is 0.241 e. The predicted molar refractivity (Wildman–Crippen MR) is 39.4 cm³/mol. The van der Waals surface area contributed by atoms with Gasteiger partial charge in [0.05, 0.1) is 6.04 Å². The normalized spacial score (nSPS) is 34.7. The van der Waals surface area contributed by atoms with Crippen LogP contribution < -0.4 is 5.73 Å². The van der Waals surface area contributed by atoms with E-state index in [4.69, 9.17) is 5.73 Å². The zero-order valence-corrected chi connectivity index (χ0v) is 6.50. The molecule has 2 rings (SSSR count). The zero-order valence-electron chi connectivity index (χ0n) is 6.50. The first-order valence-electron chi connectivity index (χ1n) is 3.87. The molecule has 0 radical (unpaired) electrons. The van der Waals surface area contributed by atoms with Crippen molar-refractivity contribution < 1.29 is 4.79 Å². The molecule has 0 bridgehead atoms. The lowest BCUT2D eigenvalue weighted by Crippen LogP contribution is -2.75. The van der Waals surface area contributed by atoms with Crippen molar-refractivity contribution in [1.82, 2.24) is 4.90 Å². The van der Waals surface area contributed by atoms with Crippen molar-refractivity contribution in [1.29, 1.82) is 0 Å². The van der Waals surface area contributed by atoms with E-state index in [0.717, 1.165) is 13.0 Å². The van der Waals surface area contributed by atoms with Crippen molar-refractivity contribution in [2.75, 3.05) is 6.54 Å². The van der Waals surface area contributed by atoms with Gasteiger partial charge in [-0.2, -0.15) is 0 Å². The van der Waals surface area contributed by atoms with E-state index >= 15 is 0 Å². The summed E-state index contributed by atoms with van der Waals surface area (Å²) in [6, 6.07) is 0.270. The number of carbonyl (C=O) groups is 1. The van der Waals surface area contributed by atoms with Crippen LogP contribution in [0.5, 0.6) is 0 Å². The summed E-state index contributed by atoms with van der Waals surface area (Å²) in [5.41, 5.74) is 5.42. The number of hydrogen-bond donors (Lipinski definition) is 1. The van der Waals surface area contributed by atoms with Crippen molar-refractivity contribution >= 4 is 5.91 Å². The molecule has 2 fully saturated rings. The van der Waals surface area contributed by atoms with Gasteiger partial charge in [-0.15, -0.1) is 0 Å². The van der Waals surface area contributed by atoms with E-state index in [2.05, 4.69) is 0 Å². The molecule has 2 saturated heterocycles. The van der Waals surface area contributed by atoms with Gasteiger partial charge in [0.2, 0.25) is 5.91 Å². The maximum Gasteiger partial charge on any atom is 0.241 e. The molecule has 2 heterocycles. The van der Waals surface area contributed by atoms with Crippen molar-refractivity contribution in [2.24, 2.45) is 5.73 Å². The summed E-state index contributed by atoms with van der Waals surface area (Å²) in [6.07, 6.45) is 1.12. The second kappa shape index (κ2) is 2.58. The number of rotatable bonds is 0. The number of carbonyl (C=O) groups excluding carboxylic acids is 1. The van der Waals surface area contributed by atoms with E-state index in [9.17, 15) is 4.79 Å². The molecule has 2 aliphatic rings. The first-order chi connectivity index (χ1) is 4.80. The van der Waals surface area contributed by atoms with Gasteiger partial charge in [0.1, 0.15) is 6.04 Å². The summed E-state index contributed by atoms with van der Waals surface area (Å²) >= 11 is 0. The van der Waals surface area contributed by atoms with Crippen LogP contribution in [-0.4, -0.2) is 29.4 Å². The minimum atomic E-state index is -0.149. The molecule has 0 aromatic carbocycles. The molecule has 2 aliphatic heterocycles. The van der Waals surface area contributed by atoms with Crippen LogP contribution in [0.1, 0.15) is 20.3 Å². The van der Waals surface area contributed by atoms with Crippen LogP contribution in [0.15, 0.2) is 0 Å². The van der Waals surface area contributed by atoms with Crippen LogP contribution in [0.2, 0.25) is 0 Å². The molecule has 3 heteroatoms. The predicted octanol–water partition coefficient (Wildman–Crippen LogP) is -0.0456. The van der Waals surface area contributed by atoms with Gasteiger partial charge in [-0.25, -0.2) is 0 Å². The highest BCUT2D eigenvalue weighted by Gasteiger charge is 2.50. The number of hydrogen-bond acceptors (Lipinski definition) is 2. The Morgan fingerprint density at radius 1 is 1.60 bits per heavy atom. The molecule has 2 atom stereocenters. The second-order valence-corrected chi connectivity index (χ2v) is 2.41. The second-order valence-electron chi connectivity index (χ2n) is 2.41. The lowest BCUT2D eigenvalue weighted by Gasteiger charge is -2.53. The number of nitrogens with zero attached hydrogens (tertiary/aromatic N) is 1. The molecule has 0 spiro atoms. The van der Waals surface area contributed by atoms with Crippen molar-refractivity contribution in [3.63, 3.8) is 0 Å². The third-order valence-electron chi connectivity index (χ3n) is 2.05. The van der Waals surface area contributed by atoms with Gasteiger partial charge in [0, 0.05) is 6.54 Å².